The molecule has 6 nitrogen and oxygen atoms in total. The minimum absolute atomic E-state index is 0.0985. The van der Waals surface area contributed by atoms with Crippen LogP contribution in [-0.4, -0.2) is 65.5 Å². The van der Waals surface area contributed by atoms with Gasteiger partial charge in [0.1, 0.15) is 18.1 Å². The van der Waals surface area contributed by atoms with E-state index >= 15 is 0 Å². The first-order valence-electron chi connectivity index (χ1n) is 13.7. The van der Waals surface area contributed by atoms with E-state index in [1.165, 1.54) is 12.1 Å². The Morgan fingerprint density at radius 2 is 1.67 bits per heavy atom. The fourth-order valence-electron chi connectivity index (χ4n) is 4.54. The van der Waals surface area contributed by atoms with Gasteiger partial charge < -0.3 is 19.7 Å². The average Bonchev–Trinajstić information content (AvgIpc) is 2.96. The monoisotopic (exact) mass is 611 g/mol. The van der Waals surface area contributed by atoms with Crippen molar-refractivity contribution in [3.8, 4) is 23.3 Å². The molecule has 0 spiro atoms. The van der Waals surface area contributed by atoms with Crippen molar-refractivity contribution in [3.05, 3.63) is 95.1 Å². The first kappa shape index (κ1) is 32.0. The molecule has 0 atom stereocenters. The van der Waals surface area contributed by atoms with Crippen LogP contribution in [0.5, 0.6) is 11.5 Å². The molecular weight excluding hydrogens is 579 g/mol. The smallest absolute Gasteiger partial charge is 0.446 e. The summed E-state index contributed by atoms with van der Waals surface area (Å²) in [6.07, 6.45) is 3.16. The molecule has 1 aliphatic heterocycles. The molecule has 1 fully saturated rings. The molecule has 3 aromatic rings. The SMILES string of the molecule is Cc1cc(OCC=C(c2ccc(C#CCN3CCC(O)CC3)cc2)c2ccc(SC(F)(F)F)cc2)ccc1OCC(=O)O. The van der Waals surface area contributed by atoms with Crippen LogP contribution in [0.15, 0.2) is 77.7 Å². The van der Waals surface area contributed by atoms with Gasteiger partial charge in [0, 0.05) is 23.5 Å². The van der Waals surface area contributed by atoms with E-state index in [1.54, 1.807) is 37.3 Å². The first-order valence-corrected chi connectivity index (χ1v) is 14.5. The van der Waals surface area contributed by atoms with E-state index in [0.29, 0.717) is 18.0 Å². The normalized spacial score (nSPS) is 14.6. The Hall–Kier alpha value is -3.91. The van der Waals surface area contributed by atoms with E-state index in [9.17, 15) is 23.1 Å². The number of ether oxygens (including phenoxy) is 2. The molecule has 0 bridgehead atoms. The lowest BCUT2D eigenvalue weighted by atomic mass is 9.97. The molecule has 10 heteroatoms. The Kier molecular flexibility index (Phi) is 11.2. The molecule has 43 heavy (non-hydrogen) atoms. The van der Waals surface area contributed by atoms with Crippen LogP contribution >= 0.6 is 11.8 Å². The number of piperidine rings is 1. The second-order valence-corrected chi connectivity index (χ2v) is 11.1. The summed E-state index contributed by atoms with van der Waals surface area (Å²) in [4.78, 5) is 13.1. The van der Waals surface area contributed by atoms with Gasteiger partial charge in [-0.25, -0.2) is 4.79 Å². The molecular formula is C33H32F3NO5S. The number of benzene rings is 3. The van der Waals surface area contributed by atoms with Crippen LogP contribution in [0.25, 0.3) is 5.57 Å². The number of halogens is 3. The lowest BCUT2D eigenvalue weighted by Crippen LogP contribution is -2.35. The summed E-state index contributed by atoms with van der Waals surface area (Å²) in [5, 5.41) is 18.5. The maximum Gasteiger partial charge on any atom is 0.446 e. The summed E-state index contributed by atoms with van der Waals surface area (Å²) in [6, 6.07) is 18.9. The number of aliphatic carboxylic acids is 1. The van der Waals surface area contributed by atoms with Crippen molar-refractivity contribution in [2.45, 2.75) is 36.3 Å². The zero-order valence-corrected chi connectivity index (χ0v) is 24.4. The minimum Gasteiger partial charge on any atom is -0.489 e. The molecule has 0 amide bonds. The van der Waals surface area contributed by atoms with E-state index in [2.05, 4.69) is 16.7 Å². The maximum atomic E-state index is 12.8. The molecule has 3 aromatic carbocycles. The molecule has 2 N–H and O–H groups in total. The standard InChI is InChI=1S/C33H32F3NO5S/c1-23-21-28(10-13-31(23)42-22-32(39)40)41-20-16-30(26-8-11-29(12-9-26)43-33(34,35)36)25-6-4-24(5-7-25)3-2-17-37-18-14-27(38)15-19-37/h4-13,16,21,27,38H,14-15,17-20,22H2,1H3,(H,39,40). The molecule has 0 aliphatic carbocycles. The molecule has 0 radical (unpaired) electrons. The van der Waals surface area contributed by atoms with Crippen molar-refractivity contribution in [2.24, 2.45) is 0 Å². The molecule has 1 heterocycles. The highest BCUT2D eigenvalue weighted by Gasteiger charge is 2.29. The predicted octanol–water partition coefficient (Wildman–Crippen LogP) is 6.39. The number of nitrogens with zero attached hydrogens (tertiary/aromatic N) is 1. The van der Waals surface area contributed by atoms with E-state index in [-0.39, 0.29) is 29.4 Å². The molecule has 1 aliphatic rings. The minimum atomic E-state index is -4.37. The van der Waals surface area contributed by atoms with Gasteiger partial charge >= 0.3 is 11.5 Å². The molecule has 4 rings (SSSR count). The third-order valence-corrected chi connectivity index (χ3v) is 7.46. The summed E-state index contributed by atoms with van der Waals surface area (Å²) >= 11 is -0.159. The van der Waals surface area contributed by atoms with Gasteiger partial charge in [0.25, 0.3) is 0 Å². The van der Waals surface area contributed by atoms with Gasteiger partial charge in [0.15, 0.2) is 6.61 Å². The number of likely N-dealkylation sites (tertiary alicyclic amines) is 1. The molecule has 0 saturated carbocycles. The van der Waals surface area contributed by atoms with Crippen molar-refractivity contribution in [1.82, 2.24) is 4.90 Å². The van der Waals surface area contributed by atoms with Gasteiger partial charge in [-0.05, 0) is 102 Å². The Labute approximate surface area is 253 Å². The number of carbonyl (C=O) groups is 1. The van der Waals surface area contributed by atoms with Crippen LogP contribution in [0.2, 0.25) is 0 Å². The highest BCUT2D eigenvalue weighted by Crippen LogP contribution is 2.37. The van der Waals surface area contributed by atoms with Crippen LogP contribution < -0.4 is 9.47 Å². The number of carboxylic acid groups (broad SMARTS) is 1. The summed E-state index contributed by atoms with van der Waals surface area (Å²) in [6.45, 7) is 3.80. The van der Waals surface area contributed by atoms with E-state index in [0.717, 1.165) is 53.8 Å². The van der Waals surface area contributed by atoms with Crippen molar-refractivity contribution in [2.75, 3.05) is 32.8 Å². The number of aliphatic hydroxyl groups is 1. The number of aliphatic hydroxyl groups excluding tert-OH is 1. The lowest BCUT2D eigenvalue weighted by Gasteiger charge is -2.27. The van der Waals surface area contributed by atoms with E-state index in [4.69, 9.17) is 14.6 Å². The van der Waals surface area contributed by atoms with Gasteiger partial charge in [0.2, 0.25) is 0 Å². The lowest BCUT2D eigenvalue weighted by molar-refractivity contribution is -0.139. The van der Waals surface area contributed by atoms with Gasteiger partial charge in [-0.1, -0.05) is 36.1 Å². The summed E-state index contributed by atoms with van der Waals surface area (Å²) in [5.74, 6) is 6.30. The fourth-order valence-corrected chi connectivity index (χ4v) is 5.08. The van der Waals surface area contributed by atoms with Gasteiger partial charge in [-0.15, -0.1) is 0 Å². The van der Waals surface area contributed by atoms with Crippen LogP contribution in [0.1, 0.15) is 35.1 Å². The quantitative estimate of drug-likeness (QED) is 0.203. The Morgan fingerprint density at radius 3 is 2.28 bits per heavy atom. The van der Waals surface area contributed by atoms with Gasteiger partial charge in [-0.2, -0.15) is 13.2 Å². The van der Waals surface area contributed by atoms with Gasteiger partial charge in [-0.3, -0.25) is 4.90 Å². The second kappa shape index (κ2) is 15.0. The number of hydrogen-bond acceptors (Lipinski definition) is 6. The average molecular weight is 612 g/mol. The third-order valence-electron chi connectivity index (χ3n) is 6.72. The summed E-state index contributed by atoms with van der Waals surface area (Å²) in [7, 11) is 0. The summed E-state index contributed by atoms with van der Waals surface area (Å²) in [5.41, 5.74) is -0.442. The number of aryl methyl sites for hydroxylation is 1. The fraction of sp³-hybridized carbons (Fsp3) is 0.303. The predicted molar refractivity (Wildman–Crippen MR) is 160 cm³/mol. The van der Waals surface area contributed by atoms with Crippen LogP contribution in [0.4, 0.5) is 13.2 Å². The topological polar surface area (TPSA) is 79.2 Å². The zero-order valence-electron chi connectivity index (χ0n) is 23.6. The number of rotatable bonds is 10. The van der Waals surface area contributed by atoms with E-state index < -0.39 is 18.1 Å². The Morgan fingerprint density at radius 1 is 1.02 bits per heavy atom. The number of carboxylic acids is 1. The van der Waals surface area contributed by atoms with Crippen molar-refractivity contribution in [3.63, 3.8) is 0 Å². The van der Waals surface area contributed by atoms with Crippen LogP contribution in [0.3, 0.4) is 0 Å². The Balaban J connectivity index is 1.49. The first-order chi connectivity index (χ1) is 20.6. The second-order valence-electron chi connectivity index (χ2n) is 10.00. The number of hydrogen-bond donors (Lipinski definition) is 2. The van der Waals surface area contributed by atoms with Crippen molar-refractivity contribution >= 4 is 23.3 Å². The zero-order chi connectivity index (χ0) is 30.8. The molecule has 0 aromatic heterocycles. The maximum absolute atomic E-state index is 12.8. The highest BCUT2D eigenvalue weighted by atomic mass is 32.2. The molecule has 1 saturated heterocycles. The number of alkyl halides is 3. The summed E-state index contributed by atoms with van der Waals surface area (Å²) < 4.78 is 49.7. The Bertz CT molecular complexity index is 1470. The highest BCUT2D eigenvalue weighted by molar-refractivity contribution is 8.00. The third kappa shape index (κ3) is 10.4. The largest absolute Gasteiger partial charge is 0.489 e. The van der Waals surface area contributed by atoms with Gasteiger partial charge in [0.05, 0.1) is 12.6 Å². The van der Waals surface area contributed by atoms with E-state index in [1.807, 2.05) is 30.3 Å². The van der Waals surface area contributed by atoms with Crippen molar-refractivity contribution < 1.29 is 37.7 Å². The van der Waals surface area contributed by atoms with Crippen molar-refractivity contribution in [1.29, 1.82) is 0 Å². The molecule has 226 valence electrons. The van der Waals surface area contributed by atoms with Crippen LogP contribution in [-0.2, 0) is 4.79 Å². The number of thioether (sulfide) groups is 1. The van der Waals surface area contributed by atoms with Crippen LogP contribution in [0, 0.1) is 18.8 Å². The molecule has 0 unspecified atom stereocenters.